The standard InChI is InChI=1S/C22H24N4O3/c1-4-29-22(28)18-14-26(19-8-6-5-7-17(19)21(18)27)15-9-10-20(23-11-15)25-12-16(13-25)24(2)3/h5-11,14,16H,4,12-13H2,1-3H3. The Bertz CT molecular complexity index is 1100. The molecule has 1 aliphatic rings. The number of aromatic nitrogens is 2. The van der Waals surface area contributed by atoms with Crippen LogP contribution in [0.1, 0.15) is 17.3 Å². The van der Waals surface area contributed by atoms with Crippen LogP contribution in [0.15, 0.2) is 53.6 Å². The number of anilines is 1. The first kappa shape index (κ1) is 19.1. The molecule has 1 aromatic carbocycles. The minimum Gasteiger partial charge on any atom is -0.462 e. The first-order valence-corrected chi connectivity index (χ1v) is 9.69. The van der Waals surface area contributed by atoms with Crippen LogP contribution in [-0.4, -0.2) is 60.3 Å². The van der Waals surface area contributed by atoms with E-state index in [0.29, 0.717) is 11.4 Å². The van der Waals surface area contributed by atoms with Gasteiger partial charge in [0, 0.05) is 30.7 Å². The molecule has 0 N–H and O–H groups in total. The minimum atomic E-state index is -0.614. The van der Waals surface area contributed by atoms with Crippen molar-refractivity contribution in [2.75, 3.05) is 38.7 Å². The summed E-state index contributed by atoms with van der Waals surface area (Å²) in [5, 5.41) is 0.471. The molecule has 2 aromatic heterocycles. The minimum absolute atomic E-state index is 0.0196. The Labute approximate surface area is 169 Å². The highest BCUT2D eigenvalue weighted by Gasteiger charge is 2.29. The van der Waals surface area contributed by atoms with Crippen molar-refractivity contribution in [2.45, 2.75) is 13.0 Å². The molecule has 7 heteroatoms. The van der Waals surface area contributed by atoms with Gasteiger partial charge in [-0.15, -0.1) is 0 Å². The molecular weight excluding hydrogens is 368 g/mol. The van der Waals surface area contributed by atoms with E-state index in [1.165, 1.54) is 0 Å². The van der Waals surface area contributed by atoms with Gasteiger partial charge < -0.3 is 19.1 Å². The van der Waals surface area contributed by atoms with Gasteiger partial charge in [-0.05, 0) is 45.3 Å². The van der Waals surface area contributed by atoms with E-state index in [1.807, 2.05) is 28.8 Å². The van der Waals surface area contributed by atoms with E-state index >= 15 is 0 Å². The second kappa shape index (κ2) is 7.67. The molecule has 0 bridgehead atoms. The summed E-state index contributed by atoms with van der Waals surface area (Å²) in [5.74, 6) is 0.305. The molecule has 0 amide bonds. The van der Waals surface area contributed by atoms with Crippen molar-refractivity contribution < 1.29 is 9.53 Å². The zero-order valence-electron chi connectivity index (χ0n) is 16.8. The number of carbonyl (C=O) groups is 1. The lowest BCUT2D eigenvalue weighted by Crippen LogP contribution is -2.57. The van der Waals surface area contributed by atoms with Crippen LogP contribution in [0.3, 0.4) is 0 Å². The number of likely N-dealkylation sites (N-methyl/N-ethyl adjacent to an activating group) is 1. The third-order valence-electron chi connectivity index (χ3n) is 5.33. The number of hydrogen-bond acceptors (Lipinski definition) is 6. The summed E-state index contributed by atoms with van der Waals surface area (Å²) in [7, 11) is 4.17. The topological polar surface area (TPSA) is 67.7 Å². The van der Waals surface area contributed by atoms with Gasteiger partial charge in [0.05, 0.1) is 24.0 Å². The first-order chi connectivity index (χ1) is 14.0. The molecule has 0 radical (unpaired) electrons. The molecule has 150 valence electrons. The average molecular weight is 392 g/mol. The molecule has 4 rings (SSSR count). The smallest absolute Gasteiger partial charge is 0.343 e. The number of fused-ring (bicyclic) bond motifs is 1. The van der Waals surface area contributed by atoms with Gasteiger partial charge in [-0.25, -0.2) is 9.78 Å². The van der Waals surface area contributed by atoms with E-state index in [-0.39, 0.29) is 17.6 Å². The van der Waals surface area contributed by atoms with E-state index in [0.717, 1.165) is 30.1 Å². The lowest BCUT2D eigenvalue weighted by molar-refractivity contribution is 0.0524. The fraction of sp³-hybridized carbons (Fsp3) is 0.318. The van der Waals surface area contributed by atoms with Crippen LogP contribution in [0.5, 0.6) is 0 Å². The predicted octanol–water partition coefficient (Wildman–Crippen LogP) is 2.31. The maximum absolute atomic E-state index is 12.8. The Kier molecular flexibility index (Phi) is 5.07. The summed E-state index contributed by atoms with van der Waals surface area (Å²) in [6.07, 6.45) is 3.31. The molecule has 3 heterocycles. The summed E-state index contributed by atoms with van der Waals surface area (Å²) < 4.78 is 6.89. The van der Waals surface area contributed by atoms with Crippen LogP contribution in [0, 0.1) is 0 Å². The number of pyridine rings is 2. The number of benzene rings is 1. The number of ether oxygens (including phenoxy) is 1. The van der Waals surface area contributed by atoms with Gasteiger partial charge in [0.2, 0.25) is 5.43 Å². The third kappa shape index (κ3) is 3.49. The maximum Gasteiger partial charge on any atom is 0.343 e. The van der Waals surface area contributed by atoms with Crippen molar-refractivity contribution in [3.05, 3.63) is 64.6 Å². The summed E-state index contributed by atoms with van der Waals surface area (Å²) >= 11 is 0. The number of para-hydroxylation sites is 1. The van der Waals surface area contributed by atoms with Gasteiger partial charge in [0.15, 0.2) is 0 Å². The quantitative estimate of drug-likeness (QED) is 0.621. The molecule has 7 nitrogen and oxygen atoms in total. The van der Waals surface area contributed by atoms with Crippen LogP contribution in [0.4, 0.5) is 5.82 Å². The highest BCUT2D eigenvalue weighted by atomic mass is 16.5. The Morgan fingerprint density at radius 3 is 2.62 bits per heavy atom. The van der Waals surface area contributed by atoms with Crippen LogP contribution in [0.25, 0.3) is 16.6 Å². The van der Waals surface area contributed by atoms with E-state index in [2.05, 4.69) is 28.9 Å². The van der Waals surface area contributed by atoms with Crippen LogP contribution < -0.4 is 10.3 Å². The van der Waals surface area contributed by atoms with E-state index in [9.17, 15) is 9.59 Å². The second-order valence-corrected chi connectivity index (χ2v) is 7.38. The lowest BCUT2D eigenvalue weighted by Gasteiger charge is -2.43. The molecule has 1 fully saturated rings. The zero-order valence-corrected chi connectivity index (χ0v) is 16.8. The third-order valence-corrected chi connectivity index (χ3v) is 5.33. The van der Waals surface area contributed by atoms with Gasteiger partial charge in [-0.1, -0.05) is 12.1 Å². The summed E-state index contributed by atoms with van der Waals surface area (Å²) in [4.78, 5) is 34.1. The predicted molar refractivity (Wildman–Crippen MR) is 113 cm³/mol. The molecule has 3 aromatic rings. The van der Waals surface area contributed by atoms with Crippen molar-refractivity contribution in [3.8, 4) is 5.69 Å². The lowest BCUT2D eigenvalue weighted by atomic mass is 10.1. The van der Waals surface area contributed by atoms with Gasteiger partial charge in [0.25, 0.3) is 0 Å². The van der Waals surface area contributed by atoms with E-state index in [4.69, 9.17) is 4.74 Å². The number of rotatable bonds is 5. The van der Waals surface area contributed by atoms with E-state index < -0.39 is 5.97 Å². The summed E-state index contributed by atoms with van der Waals surface area (Å²) in [6.45, 7) is 3.84. The monoisotopic (exact) mass is 392 g/mol. The summed E-state index contributed by atoms with van der Waals surface area (Å²) in [6, 6.07) is 11.7. The first-order valence-electron chi connectivity index (χ1n) is 9.69. The largest absolute Gasteiger partial charge is 0.462 e. The van der Waals surface area contributed by atoms with Crippen molar-refractivity contribution in [3.63, 3.8) is 0 Å². The zero-order chi connectivity index (χ0) is 20.5. The molecule has 0 unspecified atom stereocenters. The summed E-state index contributed by atoms with van der Waals surface area (Å²) in [5.41, 5.74) is 1.19. The normalized spacial score (nSPS) is 14.3. The fourth-order valence-corrected chi connectivity index (χ4v) is 3.52. The highest BCUT2D eigenvalue weighted by molar-refractivity contribution is 5.94. The average Bonchev–Trinajstić information content (AvgIpc) is 2.68. The van der Waals surface area contributed by atoms with Crippen LogP contribution in [-0.2, 0) is 4.74 Å². The fourth-order valence-electron chi connectivity index (χ4n) is 3.52. The van der Waals surface area contributed by atoms with Crippen molar-refractivity contribution in [1.29, 1.82) is 0 Å². The maximum atomic E-state index is 12.8. The van der Waals surface area contributed by atoms with Crippen LogP contribution >= 0.6 is 0 Å². The Balaban J connectivity index is 1.73. The Hall–Kier alpha value is -3.19. The van der Waals surface area contributed by atoms with Crippen LogP contribution in [0.2, 0.25) is 0 Å². The molecule has 0 spiro atoms. The number of nitrogens with zero attached hydrogens (tertiary/aromatic N) is 4. The van der Waals surface area contributed by atoms with Gasteiger partial charge >= 0.3 is 5.97 Å². The molecule has 1 aliphatic heterocycles. The van der Waals surface area contributed by atoms with E-state index in [1.54, 1.807) is 31.5 Å². The molecule has 0 aliphatic carbocycles. The van der Waals surface area contributed by atoms with Crippen molar-refractivity contribution in [1.82, 2.24) is 14.5 Å². The van der Waals surface area contributed by atoms with Gasteiger partial charge in [-0.2, -0.15) is 0 Å². The van der Waals surface area contributed by atoms with Gasteiger partial charge in [0.1, 0.15) is 11.4 Å². The second-order valence-electron chi connectivity index (χ2n) is 7.38. The molecular formula is C22H24N4O3. The number of hydrogen-bond donors (Lipinski definition) is 0. The molecule has 0 atom stereocenters. The molecule has 29 heavy (non-hydrogen) atoms. The highest BCUT2D eigenvalue weighted by Crippen LogP contribution is 2.23. The Morgan fingerprint density at radius 1 is 1.21 bits per heavy atom. The SMILES string of the molecule is CCOC(=O)c1cn(-c2ccc(N3CC(N(C)C)C3)nc2)c2ccccc2c1=O. The number of carbonyl (C=O) groups excluding carboxylic acids is 1. The Morgan fingerprint density at radius 2 is 1.97 bits per heavy atom. The molecule has 0 saturated carbocycles. The number of esters is 1. The molecule has 1 saturated heterocycles. The van der Waals surface area contributed by atoms with Crippen molar-refractivity contribution in [2.24, 2.45) is 0 Å². The van der Waals surface area contributed by atoms with Crippen molar-refractivity contribution >= 4 is 22.7 Å². The van der Waals surface area contributed by atoms with Gasteiger partial charge in [-0.3, -0.25) is 4.79 Å².